The first-order valence-corrected chi connectivity index (χ1v) is 9.16. The molecule has 0 radical (unpaired) electrons. The number of nitrogens with one attached hydrogen (secondary N) is 1. The minimum Gasteiger partial charge on any atom is -0.360 e. The van der Waals surface area contributed by atoms with E-state index in [1.807, 2.05) is 50.2 Å². The zero-order valence-electron chi connectivity index (χ0n) is 15.5. The van der Waals surface area contributed by atoms with Gasteiger partial charge in [-0.25, -0.2) is 4.98 Å². The molecule has 1 aromatic carbocycles. The molecule has 0 fully saturated rings. The van der Waals surface area contributed by atoms with Gasteiger partial charge in [-0.05, 0) is 26.0 Å². The Morgan fingerprint density at radius 1 is 1.22 bits per heavy atom. The molecule has 0 saturated carbocycles. The first kappa shape index (κ1) is 17.3. The van der Waals surface area contributed by atoms with Crippen LogP contribution in [0.4, 0.5) is 5.82 Å². The summed E-state index contributed by atoms with van der Waals surface area (Å²) in [6.45, 7) is 5.33. The number of aromatic nitrogens is 2. The molecule has 0 spiro atoms. The minimum absolute atomic E-state index is 0.0821. The molecule has 2 aromatic heterocycles. The quantitative estimate of drug-likeness (QED) is 0.770. The van der Waals surface area contributed by atoms with E-state index in [0.717, 1.165) is 41.4 Å². The topological polar surface area (TPSA) is 71.3 Å². The molecule has 6 heteroatoms. The van der Waals surface area contributed by atoms with E-state index in [2.05, 4.69) is 20.4 Å². The Hall–Kier alpha value is -3.15. The minimum atomic E-state index is -0.0821. The maximum absolute atomic E-state index is 12.3. The average molecular weight is 362 g/mol. The van der Waals surface area contributed by atoms with Gasteiger partial charge in [-0.3, -0.25) is 4.79 Å². The molecular formula is C21H22N4O2. The van der Waals surface area contributed by atoms with Gasteiger partial charge in [-0.1, -0.05) is 35.5 Å². The van der Waals surface area contributed by atoms with Gasteiger partial charge in [0, 0.05) is 41.9 Å². The second-order valence-electron chi connectivity index (χ2n) is 7.00. The molecule has 0 aliphatic carbocycles. The van der Waals surface area contributed by atoms with Crippen LogP contribution in [-0.2, 0) is 13.0 Å². The van der Waals surface area contributed by atoms with Crippen molar-refractivity contribution in [2.75, 3.05) is 11.4 Å². The second-order valence-corrected chi connectivity index (χ2v) is 7.00. The van der Waals surface area contributed by atoms with Gasteiger partial charge in [0.25, 0.3) is 5.91 Å². The zero-order chi connectivity index (χ0) is 18.8. The summed E-state index contributed by atoms with van der Waals surface area (Å²) in [6, 6.07) is 13.7. The third-order valence-electron chi connectivity index (χ3n) is 4.63. The summed E-state index contributed by atoms with van der Waals surface area (Å²) in [5.74, 6) is 1.64. The normalized spacial score (nSPS) is 13.5. The van der Waals surface area contributed by atoms with Crippen LogP contribution in [0.2, 0.25) is 0 Å². The summed E-state index contributed by atoms with van der Waals surface area (Å²) >= 11 is 0. The summed E-state index contributed by atoms with van der Waals surface area (Å²) in [4.78, 5) is 18.9. The summed E-state index contributed by atoms with van der Waals surface area (Å²) in [6.07, 6.45) is 2.45. The molecule has 1 aliphatic rings. The molecule has 3 heterocycles. The van der Waals surface area contributed by atoms with Crippen molar-refractivity contribution in [1.82, 2.24) is 15.5 Å². The van der Waals surface area contributed by atoms with Crippen molar-refractivity contribution >= 4 is 11.7 Å². The van der Waals surface area contributed by atoms with Gasteiger partial charge in [0.2, 0.25) is 0 Å². The fraction of sp³-hybridized carbons (Fsp3) is 0.286. The molecule has 3 aromatic rings. The van der Waals surface area contributed by atoms with Crippen LogP contribution < -0.4 is 10.2 Å². The van der Waals surface area contributed by atoms with Crippen LogP contribution in [0.25, 0.3) is 11.3 Å². The molecule has 4 rings (SSSR count). The SMILES string of the molecule is CC(C)NC(=O)c1ccnc(N2CCc3onc(-c4ccccc4)c3C2)c1. The Labute approximate surface area is 158 Å². The highest BCUT2D eigenvalue weighted by atomic mass is 16.5. The van der Waals surface area contributed by atoms with Gasteiger partial charge in [-0.15, -0.1) is 0 Å². The Kier molecular flexibility index (Phi) is 4.62. The number of anilines is 1. The third-order valence-corrected chi connectivity index (χ3v) is 4.63. The van der Waals surface area contributed by atoms with Crippen molar-refractivity contribution in [2.45, 2.75) is 32.9 Å². The van der Waals surface area contributed by atoms with E-state index in [9.17, 15) is 4.79 Å². The zero-order valence-corrected chi connectivity index (χ0v) is 15.5. The molecule has 0 saturated heterocycles. The van der Waals surface area contributed by atoms with Crippen molar-refractivity contribution in [3.63, 3.8) is 0 Å². The molecule has 1 amide bonds. The Morgan fingerprint density at radius 3 is 2.81 bits per heavy atom. The van der Waals surface area contributed by atoms with Crippen molar-refractivity contribution in [3.8, 4) is 11.3 Å². The fourth-order valence-corrected chi connectivity index (χ4v) is 3.31. The maximum Gasteiger partial charge on any atom is 0.251 e. The number of fused-ring (bicyclic) bond motifs is 1. The van der Waals surface area contributed by atoms with Crippen LogP contribution in [0.1, 0.15) is 35.5 Å². The van der Waals surface area contributed by atoms with Crippen LogP contribution in [0.3, 0.4) is 0 Å². The van der Waals surface area contributed by atoms with Crippen LogP contribution in [0.15, 0.2) is 53.2 Å². The fourth-order valence-electron chi connectivity index (χ4n) is 3.31. The van der Waals surface area contributed by atoms with Gasteiger partial charge in [0.05, 0.1) is 6.54 Å². The van der Waals surface area contributed by atoms with E-state index >= 15 is 0 Å². The summed E-state index contributed by atoms with van der Waals surface area (Å²) in [5.41, 5.74) is 3.63. The first-order valence-electron chi connectivity index (χ1n) is 9.16. The molecule has 1 N–H and O–H groups in total. The number of hydrogen-bond acceptors (Lipinski definition) is 5. The van der Waals surface area contributed by atoms with Crippen LogP contribution in [0, 0.1) is 0 Å². The van der Waals surface area contributed by atoms with Gasteiger partial charge in [0.15, 0.2) is 0 Å². The second kappa shape index (κ2) is 7.23. The number of benzene rings is 1. The number of carbonyl (C=O) groups is 1. The molecule has 138 valence electrons. The monoisotopic (exact) mass is 362 g/mol. The highest BCUT2D eigenvalue weighted by Crippen LogP contribution is 2.31. The van der Waals surface area contributed by atoms with Crippen LogP contribution in [-0.4, -0.2) is 28.6 Å². The number of nitrogens with zero attached hydrogens (tertiary/aromatic N) is 3. The van der Waals surface area contributed by atoms with Crippen molar-refractivity contribution in [3.05, 3.63) is 65.5 Å². The molecule has 0 unspecified atom stereocenters. The lowest BCUT2D eigenvalue weighted by molar-refractivity contribution is 0.0943. The lowest BCUT2D eigenvalue weighted by Gasteiger charge is -2.27. The Bertz CT molecular complexity index is 950. The highest BCUT2D eigenvalue weighted by molar-refractivity contribution is 5.95. The number of amides is 1. The lowest BCUT2D eigenvalue weighted by atomic mass is 10.0. The van der Waals surface area contributed by atoms with Crippen molar-refractivity contribution in [1.29, 1.82) is 0 Å². The first-order chi connectivity index (χ1) is 13.1. The van der Waals surface area contributed by atoms with E-state index in [1.165, 1.54) is 0 Å². The van der Waals surface area contributed by atoms with Crippen LogP contribution in [0.5, 0.6) is 0 Å². The highest BCUT2D eigenvalue weighted by Gasteiger charge is 2.26. The van der Waals surface area contributed by atoms with Crippen molar-refractivity contribution in [2.24, 2.45) is 0 Å². The molecule has 0 bridgehead atoms. The number of rotatable bonds is 4. The van der Waals surface area contributed by atoms with Gasteiger partial charge >= 0.3 is 0 Å². The summed E-state index contributed by atoms with van der Waals surface area (Å²) in [5, 5.41) is 7.21. The molecule has 1 aliphatic heterocycles. The largest absolute Gasteiger partial charge is 0.360 e. The maximum atomic E-state index is 12.3. The molecule has 0 atom stereocenters. The molecular weight excluding hydrogens is 340 g/mol. The Balaban J connectivity index is 1.60. The summed E-state index contributed by atoms with van der Waals surface area (Å²) in [7, 11) is 0. The van der Waals surface area contributed by atoms with E-state index in [1.54, 1.807) is 12.3 Å². The van der Waals surface area contributed by atoms with E-state index in [0.29, 0.717) is 12.1 Å². The number of hydrogen-bond donors (Lipinski definition) is 1. The molecule has 27 heavy (non-hydrogen) atoms. The standard InChI is InChI=1S/C21H22N4O2/c1-14(2)23-21(26)16-8-10-22-19(12-16)25-11-9-18-17(13-25)20(24-27-18)15-6-4-3-5-7-15/h3-8,10,12,14H,9,11,13H2,1-2H3,(H,23,26). The predicted molar refractivity (Wildman–Crippen MR) is 104 cm³/mol. The number of pyridine rings is 1. The van der Waals surface area contributed by atoms with E-state index in [-0.39, 0.29) is 11.9 Å². The third kappa shape index (κ3) is 3.56. The predicted octanol–water partition coefficient (Wildman–Crippen LogP) is 3.44. The van der Waals surface area contributed by atoms with Gasteiger partial charge in [-0.2, -0.15) is 0 Å². The number of carbonyl (C=O) groups excluding carboxylic acids is 1. The van der Waals surface area contributed by atoms with Gasteiger partial charge in [0.1, 0.15) is 17.3 Å². The van der Waals surface area contributed by atoms with Gasteiger partial charge < -0.3 is 14.7 Å². The molecule has 6 nitrogen and oxygen atoms in total. The van der Waals surface area contributed by atoms with E-state index < -0.39 is 0 Å². The average Bonchev–Trinajstić information content (AvgIpc) is 3.11. The smallest absolute Gasteiger partial charge is 0.251 e. The summed E-state index contributed by atoms with van der Waals surface area (Å²) < 4.78 is 5.57. The lowest BCUT2D eigenvalue weighted by Crippen LogP contribution is -2.32. The van der Waals surface area contributed by atoms with Crippen LogP contribution >= 0.6 is 0 Å². The van der Waals surface area contributed by atoms with E-state index in [4.69, 9.17) is 4.52 Å². The Morgan fingerprint density at radius 2 is 2.04 bits per heavy atom. The van der Waals surface area contributed by atoms with Crippen molar-refractivity contribution < 1.29 is 9.32 Å².